The third-order valence-electron chi connectivity index (χ3n) is 5.78. The minimum atomic E-state index is -0.110. The van der Waals surface area contributed by atoms with Gasteiger partial charge in [-0.25, -0.2) is 9.48 Å². The summed E-state index contributed by atoms with van der Waals surface area (Å²) in [6.07, 6.45) is 2.88. The molecule has 1 aliphatic rings. The number of carbonyl (C=O) groups is 1. The zero-order valence-corrected chi connectivity index (χ0v) is 20.4. The van der Waals surface area contributed by atoms with Gasteiger partial charge >= 0.3 is 6.03 Å². The Kier molecular flexibility index (Phi) is 8.08. The van der Waals surface area contributed by atoms with Crippen LogP contribution in [0, 0.1) is 6.92 Å². The first kappa shape index (κ1) is 24.1. The van der Waals surface area contributed by atoms with Gasteiger partial charge in [-0.05, 0) is 62.6 Å². The molecule has 1 aliphatic heterocycles. The lowest BCUT2D eigenvalue weighted by Crippen LogP contribution is -2.43. The van der Waals surface area contributed by atoms with Crippen molar-refractivity contribution in [3.8, 4) is 17.3 Å². The van der Waals surface area contributed by atoms with Crippen LogP contribution < -0.4 is 10.1 Å². The summed E-state index contributed by atoms with van der Waals surface area (Å²) in [5.41, 5.74) is 2.53. The van der Waals surface area contributed by atoms with Crippen molar-refractivity contribution in [2.45, 2.75) is 45.8 Å². The second-order valence-corrected chi connectivity index (χ2v) is 8.86. The van der Waals surface area contributed by atoms with Gasteiger partial charge in [0.15, 0.2) is 0 Å². The maximum Gasteiger partial charge on any atom is 0.317 e. The number of hydrogen-bond acceptors (Lipinski definition) is 4. The Balaban J connectivity index is 1.69. The van der Waals surface area contributed by atoms with Crippen molar-refractivity contribution in [1.82, 2.24) is 20.0 Å². The summed E-state index contributed by atoms with van der Waals surface area (Å²) in [6.45, 7) is 6.22. The summed E-state index contributed by atoms with van der Waals surface area (Å²) in [5, 5.41) is 8.42. The third kappa shape index (κ3) is 5.90. The molecule has 2 aromatic carbocycles. The number of rotatable bonds is 9. The lowest BCUT2D eigenvalue weighted by Gasteiger charge is -2.26. The monoisotopic (exact) mass is 482 g/mol. The first-order valence-corrected chi connectivity index (χ1v) is 12.1. The van der Waals surface area contributed by atoms with Gasteiger partial charge in [0.1, 0.15) is 5.75 Å². The molecule has 2 heterocycles. The van der Waals surface area contributed by atoms with Crippen LogP contribution in [-0.2, 0) is 11.3 Å². The molecule has 7 nitrogen and oxygen atoms in total. The summed E-state index contributed by atoms with van der Waals surface area (Å²) in [6, 6.07) is 16.9. The molecule has 2 amide bonds. The fourth-order valence-corrected chi connectivity index (χ4v) is 4.10. The topological polar surface area (TPSA) is 68.6 Å². The number of aromatic nitrogens is 2. The highest BCUT2D eigenvalue weighted by Gasteiger charge is 2.27. The van der Waals surface area contributed by atoms with Crippen LogP contribution in [0.2, 0.25) is 5.02 Å². The fraction of sp³-hybridized carbons (Fsp3) is 0.385. The normalized spacial score (nSPS) is 15.3. The van der Waals surface area contributed by atoms with E-state index in [1.165, 1.54) is 0 Å². The molecular weight excluding hydrogens is 452 g/mol. The average Bonchev–Trinajstić information content (AvgIpc) is 3.47. The first-order valence-electron chi connectivity index (χ1n) is 11.8. The Hall–Kier alpha value is -3.03. The van der Waals surface area contributed by atoms with Gasteiger partial charge in [-0.2, -0.15) is 5.10 Å². The number of nitrogens with one attached hydrogen (secondary N) is 1. The largest absolute Gasteiger partial charge is 0.439 e. The Labute approximate surface area is 205 Å². The molecule has 3 aromatic rings. The molecule has 8 heteroatoms. The number of para-hydroxylation sites is 1. The molecule has 0 bridgehead atoms. The van der Waals surface area contributed by atoms with Crippen LogP contribution in [0.15, 0.2) is 54.6 Å². The van der Waals surface area contributed by atoms with Gasteiger partial charge in [0.2, 0.25) is 5.88 Å². The van der Waals surface area contributed by atoms with Gasteiger partial charge in [-0.1, -0.05) is 36.7 Å². The summed E-state index contributed by atoms with van der Waals surface area (Å²) < 4.78 is 14.0. The predicted molar refractivity (Wildman–Crippen MR) is 133 cm³/mol. The lowest BCUT2D eigenvalue weighted by atomic mass is 10.2. The molecule has 1 aromatic heterocycles. The van der Waals surface area contributed by atoms with Crippen molar-refractivity contribution in [3.05, 3.63) is 70.9 Å². The van der Waals surface area contributed by atoms with Crippen LogP contribution >= 0.6 is 11.6 Å². The Morgan fingerprint density at radius 1 is 1.24 bits per heavy atom. The van der Waals surface area contributed by atoms with Crippen LogP contribution in [0.5, 0.6) is 11.6 Å². The molecule has 0 radical (unpaired) electrons. The second-order valence-electron chi connectivity index (χ2n) is 8.42. The quantitative estimate of drug-likeness (QED) is 0.423. The fourth-order valence-electron chi connectivity index (χ4n) is 3.97. The SMILES string of the molecule is CCCNC(=O)N(Cc1c(C)nn(-c2ccccc2)c1Oc1ccc(Cl)cc1)C[C@H]1CCCO1. The highest BCUT2D eigenvalue weighted by Crippen LogP contribution is 2.32. The number of aryl methyl sites for hydroxylation is 1. The first-order chi connectivity index (χ1) is 16.5. The van der Waals surface area contributed by atoms with Gasteiger partial charge in [0, 0.05) is 24.7 Å². The van der Waals surface area contributed by atoms with Crippen LogP contribution in [0.1, 0.15) is 37.4 Å². The molecule has 0 unspecified atom stereocenters. The van der Waals surface area contributed by atoms with E-state index in [9.17, 15) is 4.79 Å². The smallest absolute Gasteiger partial charge is 0.317 e. The summed E-state index contributed by atoms with van der Waals surface area (Å²) in [5.74, 6) is 1.22. The van der Waals surface area contributed by atoms with Crippen LogP contribution in [0.4, 0.5) is 4.79 Å². The Morgan fingerprint density at radius 2 is 2.00 bits per heavy atom. The van der Waals surface area contributed by atoms with Crippen molar-refractivity contribution in [2.75, 3.05) is 19.7 Å². The number of benzene rings is 2. The summed E-state index contributed by atoms with van der Waals surface area (Å²) in [4.78, 5) is 14.9. The van der Waals surface area contributed by atoms with Crippen molar-refractivity contribution in [3.63, 3.8) is 0 Å². The standard InChI is InChI=1S/C26H31ClN4O3/c1-3-15-28-26(32)30(17-23-10-7-16-33-23)18-24-19(2)29-31(21-8-5-4-6-9-21)25(24)34-22-13-11-20(27)12-14-22/h4-6,8-9,11-14,23H,3,7,10,15-18H2,1-2H3,(H,28,32)/t23-/m1/s1. The molecule has 0 aliphatic carbocycles. The van der Waals surface area contributed by atoms with E-state index in [2.05, 4.69) is 5.32 Å². The number of nitrogens with zero attached hydrogens (tertiary/aromatic N) is 3. The second kappa shape index (κ2) is 11.4. The number of hydrogen-bond donors (Lipinski definition) is 1. The zero-order valence-electron chi connectivity index (χ0n) is 19.7. The van der Waals surface area contributed by atoms with E-state index in [0.29, 0.717) is 36.3 Å². The number of amides is 2. The van der Waals surface area contributed by atoms with Crippen LogP contribution in [0.3, 0.4) is 0 Å². The minimum absolute atomic E-state index is 0.0393. The van der Waals surface area contributed by atoms with E-state index in [1.54, 1.807) is 21.7 Å². The molecule has 1 fully saturated rings. The molecule has 0 saturated carbocycles. The van der Waals surface area contributed by atoms with E-state index in [0.717, 1.165) is 42.8 Å². The number of ether oxygens (including phenoxy) is 2. The van der Waals surface area contributed by atoms with Gasteiger partial charge in [0.05, 0.1) is 29.6 Å². The third-order valence-corrected chi connectivity index (χ3v) is 6.03. The van der Waals surface area contributed by atoms with Crippen molar-refractivity contribution < 1.29 is 14.3 Å². The summed E-state index contributed by atoms with van der Waals surface area (Å²) >= 11 is 6.07. The van der Waals surface area contributed by atoms with Crippen LogP contribution in [-0.4, -0.2) is 46.5 Å². The molecule has 1 atom stereocenters. The number of carbonyl (C=O) groups excluding carboxylic acids is 1. The molecule has 1 N–H and O–H groups in total. The summed E-state index contributed by atoms with van der Waals surface area (Å²) in [7, 11) is 0. The highest BCUT2D eigenvalue weighted by molar-refractivity contribution is 6.30. The highest BCUT2D eigenvalue weighted by atomic mass is 35.5. The predicted octanol–water partition coefficient (Wildman–Crippen LogP) is 5.73. The Bertz CT molecular complexity index is 1080. The molecule has 0 spiro atoms. The maximum atomic E-state index is 13.1. The van der Waals surface area contributed by atoms with Crippen molar-refractivity contribution >= 4 is 17.6 Å². The van der Waals surface area contributed by atoms with Crippen LogP contribution in [0.25, 0.3) is 5.69 Å². The van der Waals surface area contributed by atoms with E-state index < -0.39 is 0 Å². The molecule has 4 rings (SSSR count). The van der Waals surface area contributed by atoms with Gasteiger partial charge in [-0.15, -0.1) is 0 Å². The number of urea groups is 1. The Morgan fingerprint density at radius 3 is 2.68 bits per heavy atom. The van der Waals surface area contributed by atoms with E-state index >= 15 is 0 Å². The van der Waals surface area contributed by atoms with Crippen molar-refractivity contribution in [1.29, 1.82) is 0 Å². The van der Waals surface area contributed by atoms with Crippen molar-refractivity contribution in [2.24, 2.45) is 0 Å². The van der Waals surface area contributed by atoms with E-state index in [1.807, 2.05) is 56.3 Å². The molecule has 1 saturated heterocycles. The van der Waals surface area contributed by atoms with E-state index in [4.69, 9.17) is 26.2 Å². The van der Waals surface area contributed by atoms with Gasteiger partial charge in [-0.3, -0.25) is 0 Å². The van der Waals surface area contributed by atoms with E-state index in [-0.39, 0.29) is 12.1 Å². The lowest BCUT2D eigenvalue weighted by molar-refractivity contribution is 0.0793. The zero-order chi connectivity index (χ0) is 23.9. The maximum absolute atomic E-state index is 13.1. The molecular formula is C26H31ClN4O3. The van der Waals surface area contributed by atoms with Gasteiger partial charge < -0.3 is 19.7 Å². The minimum Gasteiger partial charge on any atom is -0.439 e. The molecule has 180 valence electrons. The molecule has 34 heavy (non-hydrogen) atoms. The average molecular weight is 483 g/mol. The van der Waals surface area contributed by atoms with Gasteiger partial charge in [0.25, 0.3) is 0 Å². The number of halogens is 1.